The lowest BCUT2D eigenvalue weighted by atomic mass is 10.0. The molecule has 6 nitrogen and oxygen atoms in total. The van der Waals surface area contributed by atoms with Crippen LogP contribution in [0.15, 0.2) is 179 Å². The van der Waals surface area contributed by atoms with E-state index in [0.29, 0.717) is 17.5 Å². The summed E-state index contributed by atoms with van der Waals surface area (Å²) < 4.78 is 18.0. The maximum atomic E-state index is 6.72. The average Bonchev–Trinajstić information content (AvgIpc) is 4.05. The van der Waals surface area contributed by atoms with E-state index < -0.39 is 0 Å². The summed E-state index contributed by atoms with van der Waals surface area (Å²) in [6.45, 7) is 0. The van der Waals surface area contributed by atoms with Crippen molar-refractivity contribution in [3.8, 4) is 39.9 Å². The number of hydrogen-bond acceptors (Lipinski definition) is 6. The zero-order chi connectivity index (χ0) is 37.9. The van der Waals surface area contributed by atoms with E-state index >= 15 is 0 Å². The molecule has 13 rings (SSSR count). The van der Waals surface area contributed by atoms with Crippen LogP contribution < -0.4 is 0 Å². The third kappa shape index (κ3) is 4.50. The highest BCUT2D eigenvalue weighted by Gasteiger charge is 2.24. The highest BCUT2D eigenvalue weighted by Crippen LogP contribution is 2.45. The number of benzene rings is 8. The van der Waals surface area contributed by atoms with Crippen LogP contribution in [0.1, 0.15) is 0 Å². The van der Waals surface area contributed by atoms with Crippen molar-refractivity contribution in [2.24, 2.45) is 0 Å². The second-order valence-corrected chi connectivity index (χ2v) is 15.8. The van der Waals surface area contributed by atoms with Crippen LogP contribution in [-0.4, -0.2) is 19.5 Å². The van der Waals surface area contributed by atoms with Gasteiger partial charge in [0.05, 0.1) is 16.7 Å². The summed E-state index contributed by atoms with van der Waals surface area (Å²) in [7, 11) is 0. The van der Waals surface area contributed by atoms with Gasteiger partial charge in [-0.3, -0.25) is 0 Å². The molecule has 5 heterocycles. The first-order valence-corrected chi connectivity index (χ1v) is 20.1. The topological polar surface area (TPSA) is 69.9 Å². The molecule has 0 radical (unpaired) electrons. The van der Waals surface area contributed by atoms with Gasteiger partial charge in [-0.2, -0.15) is 0 Å². The Labute approximate surface area is 333 Å². The molecule has 0 N–H and O–H groups in total. The summed E-state index contributed by atoms with van der Waals surface area (Å²) >= 11 is 1.86. The molecule has 0 fully saturated rings. The number of fused-ring (bicyclic) bond motifs is 13. The van der Waals surface area contributed by atoms with Crippen LogP contribution in [0.2, 0.25) is 0 Å². The Hall–Kier alpha value is -7.61. The van der Waals surface area contributed by atoms with Crippen LogP contribution in [0.3, 0.4) is 0 Å². The second kappa shape index (κ2) is 11.9. The van der Waals surface area contributed by atoms with Gasteiger partial charge in [0.2, 0.25) is 0 Å². The van der Waals surface area contributed by atoms with E-state index in [0.717, 1.165) is 77.3 Å². The molecule has 0 unspecified atom stereocenters. The van der Waals surface area contributed by atoms with E-state index in [1.165, 1.54) is 30.9 Å². The first-order valence-electron chi connectivity index (χ1n) is 19.3. The minimum Gasteiger partial charge on any atom is -0.456 e. The molecule has 0 aliphatic carbocycles. The summed E-state index contributed by atoms with van der Waals surface area (Å²) in [6, 6.07) is 58.9. The molecule has 0 saturated heterocycles. The van der Waals surface area contributed by atoms with Crippen molar-refractivity contribution in [1.82, 2.24) is 19.5 Å². The number of para-hydroxylation sites is 3. The van der Waals surface area contributed by atoms with Gasteiger partial charge in [-0.25, -0.2) is 15.0 Å². The zero-order valence-electron chi connectivity index (χ0n) is 30.7. The Bertz CT molecular complexity index is 3820. The first-order chi connectivity index (χ1) is 28.7. The quantitative estimate of drug-likeness (QED) is 0.179. The monoisotopic (exact) mass is 760 g/mol. The molecule has 0 saturated carbocycles. The molecule has 7 heteroatoms. The molecule has 0 atom stereocenters. The Morgan fingerprint density at radius 3 is 1.83 bits per heavy atom. The summed E-state index contributed by atoms with van der Waals surface area (Å²) in [4.78, 5) is 15.8. The molecular formula is C51H28N4O2S. The number of rotatable bonds is 4. The summed E-state index contributed by atoms with van der Waals surface area (Å²) in [5.41, 5.74) is 9.00. The summed E-state index contributed by atoms with van der Waals surface area (Å²) in [5, 5.41) is 8.95. The number of nitrogens with zero attached hydrogens (tertiary/aromatic N) is 4. The van der Waals surface area contributed by atoms with E-state index in [1.54, 1.807) is 0 Å². The van der Waals surface area contributed by atoms with Crippen molar-refractivity contribution in [3.05, 3.63) is 170 Å². The van der Waals surface area contributed by atoms with E-state index in [1.807, 2.05) is 84.1 Å². The van der Waals surface area contributed by atoms with Crippen molar-refractivity contribution in [2.75, 3.05) is 0 Å². The first kappa shape index (κ1) is 31.6. The predicted molar refractivity (Wildman–Crippen MR) is 238 cm³/mol. The molecule has 13 aromatic rings. The maximum absolute atomic E-state index is 6.72. The molecular weight excluding hydrogens is 733 g/mol. The molecule has 0 aliphatic heterocycles. The number of aromatic nitrogens is 4. The van der Waals surface area contributed by atoms with Crippen molar-refractivity contribution in [3.63, 3.8) is 0 Å². The lowest BCUT2D eigenvalue weighted by Crippen LogP contribution is -2.02. The zero-order valence-corrected chi connectivity index (χ0v) is 31.5. The third-order valence-electron chi connectivity index (χ3n) is 11.5. The van der Waals surface area contributed by atoms with Crippen LogP contribution in [0.4, 0.5) is 0 Å². The van der Waals surface area contributed by atoms with Gasteiger partial charge in [0, 0.05) is 75.2 Å². The standard InChI is InChI=1S/C51H28N4O2S/c1-2-13-29(14-3-1)49-52-50(36-19-12-23-42-45(36)34-17-5-9-21-40(34)56-42)54-51(53-49)37-27-30(28-43-46(37)35-18-6-10-22-41(35)57-43)55-38-20-8-4-16-33(38)47-39(55)26-25-32-31-15-7-11-24-44(31)58-48(32)47/h1-28H. The fourth-order valence-corrected chi connectivity index (χ4v) is 10.2. The fourth-order valence-electron chi connectivity index (χ4n) is 8.95. The average molecular weight is 761 g/mol. The van der Waals surface area contributed by atoms with Gasteiger partial charge in [0.1, 0.15) is 22.3 Å². The van der Waals surface area contributed by atoms with Crippen LogP contribution in [0.25, 0.3) is 126 Å². The molecule has 5 aromatic heterocycles. The van der Waals surface area contributed by atoms with Crippen molar-refractivity contribution in [1.29, 1.82) is 0 Å². The molecule has 0 aliphatic rings. The maximum Gasteiger partial charge on any atom is 0.164 e. The van der Waals surface area contributed by atoms with Gasteiger partial charge in [-0.1, -0.05) is 121 Å². The van der Waals surface area contributed by atoms with E-state index in [4.69, 9.17) is 23.8 Å². The van der Waals surface area contributed by atoms with Gasteiger partial charge < -0.3 is 13.4 Å². The Morgan fingerprint density at radius 2 is 1.02 bits per heavy atom. The van der Waals surface area contributed by atoms with Gasteiger partial charge >= 0.3 is 0 Å². The van der Waals surface area contributed by atoms with Crippen LogP contribution in [0, 0.1) is 0 Å². The molecule has 0 spiro atoms. The highest BCUT2D eigenvalue weighted by molar-refractivity contribution is 7.26. The lowest BCUT2D eigenvalue weighted by molar-refractivity contribution is 0.668. The Kier molecular flexibility index (Phi) is 6.50. The SMILES string of the molecule is c1ccc(-c2nc(-c3cccc4oc5ccccc5c34)nc(-c3cc(-n4c5ccccc5c5c6sc7ccccc7c6ccc54)cc4oc5ccccc5c34)n2)cc1. The highest BCUT2D eigenvalue weighted by atomic mass is 32.1. The third-order valence-corrected chi connectivity index (χ3v) is 12.7. The predicted octanol–water partition coefficient (Wildman–Crippen LogP) is 14.1. The van der Waals surface area contributed by atoms with Crippen LogP contribution >= 0.6 is 11.3 Å². The second-order valence-electron chi connectivity index (χ2n) is 14.7. The number of hydrogen-bond donors (Lipinski definition) is 0. The van der Waals surface area contributed by atoms with Gasteiger partial charge in [-0.15, -0.1) is 11.3 Å². The van der Waals surface area contributed by atoms with Crippen molar-refractivity contribution < 1.29 is 8.83 Å². The summed E-state index contributed by atoms with van der Waals surface area (Å²) in [6.07, 6.45) is 0. The van der Waals surface area contributed by atoms with E-state index in [-0.39, 0.29) is 0 Å². The normalized spacial score (nSPS) is 12.1. The van der Waals surface area contributed by atoms with Crippen molar-refractivity contribution >= 4 is 97.2 Å². The molecule has 8 aromatic carbocycles. The minimum absolute atomic E-state index is 0.555. The largest absolute Gasteiger partial charge is 0.456 e. The fraction of sp³-hybridized carbons (Fsp3) is 0. The van der Waals surface area contributed by atoms with Gasteiger partial charge in [0.25, 0.3) is 0 Å². The minimum atomic E-state index is 0.555. The number of thiophene rings is 1. The Balaban J connectivity index is 1.14. The van der Waals surface area contributed by atoms with E-state index in [9.17, 15) is 0 Å². The van der Waals surface area contributed by atoms with Gasteiger partial charge in [0.15, 0.2) is 17.5 Å². The van der Waals surface area contributed by atoms with Crippen molar-refractivity contribution in [2.45, 2.75) is 0 Å². The van der Waals surface area contributed by atoms with E-state index in [2.05, 4.69) is 102 Å². The van der Waals surface area contributed by atoms with Gasteiger partial charge in [-0.05, 0) is 42.5 Å². The van der Waals surface area contributed by atoms with Crippen LogP contribution in [0.5, 0.6) is 0 Å². The lowest BCUT2D eigenvalue weighted by Gasteiger charge is -2.13. The molecule has 58 heavy (non-hydrogen) atoms. The number of furan rings is 2. The Morgan fingerprint density at radius 1 is 0.397 bits per heavy atom. The smallest absolute Gasteiger partial charge is 0.164 e. The molecule has 270 valence electrons. The van der Waals surface area contributed by atoms with Crippen LogP contribution in [-0.2, 0) is 0 Å². The summed E-state index contributed by atoms with van der Waals surface area (Å²) in [5.74, 6) is 1.71. The molecule has 0 bridgehead atoms. The molecule has 0 amide bonds.